The zero-order valence-electron chi connectivity index (χ0n) is 11.3. The van der Waals surface area contributed by atoms with E-state index in [9.17, 15) is 9.90 Å². The lowest BCUT2D eigenvalue weighted by atomic mass is 9.86. The summed E-state index contributed by atoms with van der Waals surface area (Å²) in [5, 5.41) is 12.9. The van der Waals surface area contributed by atoms with Crippen molar-refractivity contribution in [2.24, 2.45) is 5.92 Å². The predicted molar refractivity (Wildman–Crippen MR) is 75.3 cm³/mol. The van der Waals surface area contributed by atoms with Crippen LogP contribution in [-0.4, -0.2) is 41.6 Å². The van der Waals surface area contributed by atoms with Crippen molar-refractivity contribution in [1.82, 2.24) is 9.79 Å². The van der Waals surface area contributed by atoms with Gasteiger partial charge in [-0.05, 0) is 26.3 Å². The molecule has 0 spiro atoms. The fourth-order valence-electron chi connectivity index (χ4n) is 1.97. The van der Waals surface area contributed by atoms with Crippen LogP contribution >= 0.6 is 11.3 Å². The summed E-state index contributed by atoms with van der Waals surface area (Å²) in [6.45, 7) is 6.08. The number of aliphatic hydroxyl groups excluding tert-OH is 1. The summed E-state index contributed by atoms with van der Waals surface area (Å²) in [6.07, 6.45) is 0.777. The van der Waals surface area contributed by atoms with E-state index in [1.807, 2.05) is 24.2 Å². The van der Waals surface area contributed by atoms with Gasteiger partial charge in [0.25, 0.3) is 7.41 Å². The summed E-state index contributed by atoms with van der Waals surface area (Å²) < 4.78 is 0. The second-order valence-corrected chi connectivity index (χ2v) is 5.73. The van der Waals surface area contributed by atoms with Gasteiger partial charge in [-0.15, -0.1) is 11.3 Å². The molecule has 0 aromatic carbocycles. The zero-order valence-corrected chi connectivity index (χ0v) is 12.1. The Labute approximate surface area is 113 Å². The molecule has 2 atom stereocenters. The van der Waals surface area contributed by atoms with Crippen molar-refractivity contribution in [3.8, 4) is 0 Å². The van der Waals surface area contributed by atoms with E-state index in [1.54, 1.807) is 0 Å². The molecule has 1 rings (SSSR count). The molecule has 0 aliphatic carbocycles. The molecule has 0 aliphatic heterocycles. The SMILES string of the molecule is Cc1csc([C@H](O)C[C@@H](C(C)C)N(C)[B]C=O)n1. The van der Waals surface area contributed by atoms with E-state index in [1.165, 1.54) is 18.8 Å². The van der Waals surface area contributed by atoms with Crippen LogP contribution in [-0.2, 0) is 4.79 Å². The van der Waals surface area contributed by atoms with Crippen LogP contribution in [0.3, 0.4) is 0 Å². The third kappa shape index (κ3) is 4.19. The molecule has 1 N–H and O–H groups in total. The van der Waals surface area contributed by atoms with Crippen molar-refractivity contribution in [2.45, 2.75) is 39.3 Å². The van der Waals surface area contributed by atoms with Crippen LogP contribution in [0.4, 0.5) is 0 Å². The van der Waals surface area contributed by atoms with E-state index >= 15 is 0 Å². The predicted octanol–water partition coefficient (Wildman–Crippen LogP) is 1.64. The summed E-state index contributed by atoms with van der Waals surface area (Å²) in [6, 6.07) is 0.120. The van der Waals surface area contributed by atoms with E-state index in [0.29, 0.717) is 12.3 Å². The Morgan fingerprint density at radius 1 is 1.61 bits per heavy atom. The molecule has 4 nitrogen and oxygen atoms in total. The van der Waals surface area contributed by atoms with Crippen LogP contribution in [0.5, 0.6) is 0 Å². The molecule has 6 heteroatoms. The Bertz CT molecular complexity index is 384. The van der Waals surface area contributed by atoms with Gasteiger partial charge in [0, 0.05) is 17.1 Å². The van der Waals surface area contributed by atoms with Crippen molar-refractivity contribution in [3.05, 3.63) is 16.1 Å². The molecule has 1 aromatic heterocycles. The minimum Gasteiger partial charge on any atom is -0.386 e. The average Bonchev–Trinajstić information content (AvgIpc) is 2.72. The van der Waals surface area contributed by atoms with Gasteiger partial charge in [0.05, 0.1) is 6.19 Å². The molecule has 1 aromatic rings. The summed E-state index contributed by atoms with van der Waals surface area (Å²) in [7, 11) is 3.36. The third-order valence-electron chi connectivity index (χ3n) is 2.98. The van der Waals surface area contributed by atoms with E-state index in [0.717, 1.165) is 16.9 Å². The lowest BCUT2D eigenvalue weighted by Crippen LogP contribution is -2.40. The van der Waals surface area contributed by atoms with E-state index < -0.39 is 6.10 Å². The van der Waals surface area contributed by atoms with Gasteiger partial charge < -0.3 is 14.7 Å². The second-order valence-electron chi connectivity index (χ2n) is 4.84. The highest BCUT2D eigenvalue weighted by molar-refractivity contribution is 7.09. The van der Waals surface area contributed by atoms with Gasteiger partial charge in [0.15, 0.2) is 0 Å². The lowest BCUT2D eigenvalue weighted by Gasteiger charge is -2.31. The highest BCUT2D eigenvalue weighted by atomic mass is 32.1. The van der Waals surface area contributed by atoms with E-state index in [2.05, 4.69) is 18.8 Å². The molecule has 99 valence electrons. The van der Waals surface area contributed by atoms with Crippen molar-refractivity contribution in [2.75, 3.05) is 7.05 Å². The Morgan fingerprint density at radius 2 is 2.28 bits per heavy atom. The first kappa shape index (κ1) is 15.3. The second kappa shape index (κ2) is 7.02. The first-order chi connectivity index (χ1) is 8.45. The highest BCUT2D eigenvalue weighted by Crippen LogP contribution is 2.26. The van der Waals surface area contributed by atoms with Crippen LogP contribution in [0.2, 0.25) is 0 Å². The van der Waals surface area contributed by atoms with Gasteiger partial charge in [-0.1, -0.05) is 13.8 Å². The topological polar surface area (TPSA) is 53.4 Å². The van der Waals surface area contributed by atoms with Crippen molar-refractivity contribution in [3.63, 3.8) is 0 Å². The number of aliphatic hydroxyl groups is 1. The average molecular weight is 267 g/mol. The standard InChI is InChI=1S/C12H20BN2O2S/c1-8(2)10(15(4)13-7-16)5-11(17)12-14-9(3)6-18-12/h6-8,10-11,17H,5H2,1-4H3/t10-,11+/m0/s1. The minimum absolute atomic E-state index is 0.120. The molecular weight excluding hydrogens is 247 g/mol. The van der Waals surface area contributed by atoms with Gasteiger partial charge in [-0.3, -0.25) is 0 Å². The van der Waals surface area contributed by atoms with Crippen LogP contribution in [0, 0.1) is 12.8 Å². The largest absolute Gasteiger partial charge is 0.386 e. The molecule has 0 fully saturated rings. The summed E-state index contributed by atoms with van der Waals surface area (Å²) >= 11 is 1.48. The molecule has 0 bridgehead atoms. The number of carbonyl (C=O) groups is 1. The first-order valence-corrected chi connectivity index (χ1v) is 6.94. The number of hydrogen-bond acceptors (Lipinski definition) is 5. The Hall–Kier alpha value is -0.715. The van der Waals surface area contributed by atoms with Gasteiger partial charge in [-0.2, -0.15) is 0 Å². The van der Waals surface area contributed by atoms with E-state index in [-0.39, 0.29) is 6.04 Å². The fraction of sp³-hybridized carbons (Fsp3) is 0.667. The highest BCUT2D eigenvalue weighted by Gasteiger charge is 2.24. The number of carbonyl (C=O) groups excluding carboxylic acids is 1. The van der Waals surface area contributed by atoms with Gasteiger partial charge >= 0.3 is 0 Å². The summed E-state index contributed by atoms with van der Waals surface area (Å²) in [4.78, 5) is 16.7. The molecule has 1 heterocycles. The van der Waals surface area contributed by atoms with Crippen LogP contribution in [0.15, 0.2) is 5.38 Å². The van der Waals surface area contributed by atoms with Gasteiger partial charge in [-0.25, -0.2) is 4.98 Å². The number of rotatable bonds is 7. The lowest BCUT2D eigenvalue weighted by molar-refractivity contribution is 0.122. The molecule has 0 aliphatic rings. The van der Waals surface area contributed by atoms with Crippen molar-refractivity contribution in [1.29, 1.82) is 0 Å². The summed E-state index contributed by atoms with van der Waals surface area (Å²) in [5.74, 6) is 0.349. The zero-order chi connectivity index (χ0) is 13.7. The van der Waals surface area contributed by atoms with Crippen LogP contribution < -0.4 is 0 Å². The smallest absolute Gasteiger partial charge is 0.293 e. The normalized spacial score (nSPS) is 14.8. The minimum atomic E-state index is -0.571. The summed E-state index contributed by atoms with van der Waals surface area (Å²) in [5.41, 5.74) is 0.933. The molecule has 1 radical (unpaired) electrons. The number of aryl methyl sites for hydroxylation is 1. The Balaban J connectivity index is 2.68. The molecule has 0 saturated carbocycles. The fourth-order valence-corrected chi connectivity index (χ4v) is 2.76. The Morgan fingerprint density at radius 3 is 2.72 bits per heavy atom. The molecule has 0 amide bonds. The van der Waals surface area contributed by atoms with Crippen molar-refractivity contribution >= 4 is 24.9 Å². The molecule has 0 saturated heterocycles. The maximum atomic E-state index is 10.5. The van der Waals surface area contributed by atoms with Crippen LogP contribution in [0.25, 0.3) is 0 Å². The van der Waals surface area contributed by atoms with Gasteiger partial charge in [0.1, 0.15) is 11.1 Å². The quantitative estimate of drug-likeness (QED) is 0.602. The maximum absolute atomic E-state index is 10.5. The molecule has 0 unspecified atom stereocenters. The van der Waals surface area contributed by atoms with Gasteiger partial charge in [0.2, 0.25) is 0 Å². The number of thiazole rings is 1. The third-order valence-corrected chi connectivity index (χ3v) is 4.04. The number of nitrogens with zero attached hydrogens (tertiary/aromatic N) is 2. The maximum Gasteiger partial charge on any atom is 0.293 e. The monoisotopic (exact) mass is 267 g/mol. The number of aromatic nitrogens is 1. The number of hydrogen-bond donors (Lipinski definition) is 1. The molecule has 18 heavy (non-hydrogen) atoms. The molecular formula is C12H20BN2O2S. The Kier molecular flexibility index (Phi) is 5.98. The van der Waals surface area contributed by atoms with Crippen molar-refractivity contribution < 1.29 is 9.90 Å². The first-order valence-electron chi connectivity index (χ1n) is 6.06. The van der Waals surface area contributed by atoms with E-state index in [4.69, 9.17) is 0 Å². The van der Waals surface area contributed by atoms with Crippen LogP contribution in [0.1, 0.15) is 37.1 Å².